The second-order valence-corrected chi connectivity index (χ2v) is 9.46. The van der Waals surface area contributed by atoms with E-state index in [0.717, 1.165) is 44.5 Å². The fourth-order valence-corrected chi connectivity index (χ4v) is 4.28. The maximum absolute atomic E-state index is 12.9. The Hall–Kier alpha value is -3.19. The number of nitrogens with zero attached hydrogens (tertiary/aromatic N) is 1. The number of nitrogens with one attached hydrogen (secondary N) is 2. The van der Waals surface area contributed by atoms with Gasteiger partial charge >= 0.3 is 0 Å². The quantitative estimate of drug-likeness (QED) is 0.530. The van der Waals surface area contributed by atoms with Crippen LogP contribution in [0.25, 0.3) is 0 Å². The van der Waals surface area contributed by atoms with Crippen LogP contribution < -0.4 is 16.4 Å². The molecular weight excluding hydrogens is 428 g/mol. The van der Waals surface area contributed by atoms with Crippen LogP contribution in [0.5, 0.6) is 0 Å². The van der Waals surface area contributed by atoms with Gasteiger partial charge in [-0.25, -0.2) is 0 Å². The molecule has 2 aromatic carbocycles. The molecule has 0 saturated carbocycles. The minimum absolute atomic E-state index is 0.00955. The maximum Gasteiger partial charge on any atom is 0.252 e. The molecule has 1 saturated heterocycles. The van der Waals surface area contributed by atoms with Crippen LogP contribution in [-0.4, -0.2) is 48.3 Å². The first-order chi connectivity index (χ1) is 16.2. The van der Waals surface area contributed by atoms with Gasteiger partial charge in [-0.1, -0.05) is 44.2 Å². The van der Waals surface area contributed by atoms with Gasteiger partial charge in [0.15, 0.2) is 0 Å². The average molecular weight is 465 g/mol. The Labute approximate surface area is 202 Å². The molecule has 1 unspecified atom stereocenters. The van der Waals surface area contributed by atoms with Crippen molar-refractivity contribution >= 4 is 23.4 Å². The lowest BCUT2D eigenvalue weighted by molar-refractivity contribution is -0.123. The van der Waals surface area contributed by atoms with Gasteiger partial charge in [-0.05, 0) is 74.5 Å². The predicted octanol–water partition coefficient (Wildman–Crippen LogP) is 3.13. The molecule has 1 heterocycles. The molecule has 1 atom stereocenters. The van der Waals surface area contributed by atoms with Gasteiger partial charge in [-0.15, -0.1) is 0 Å². The highest BCUT2D eigenvalue weighted by Gasteiger charge is 2.25. The number of anilines is 1. The summed E-state index contributed by atoms with van der Waals surface area (Å²) >= 11 is 0. The van der Waals surface area contributed by atoms with E-state index in [1.54, 1.807) is 6.07 Å². The first-order valence-electron chi connectivity index (χ1n) is 12.0. The lowest BCUT2D eigenvalue weighted by atomic mass is 9.96. The van der Waals surface area contributed by atoms with Crippen LogP contribution in [-0.2, 0) is 16.0 Å². The summed E-state index contributed by atoms with van der Waals surface area (Å²) in [6.07, 6.45) is 2.56. The molecule has 0 radical (unpaired) electrons. The Bertz CT molecular complexity index is 995. The number of likely N-dealkylation sites (tertiary alicyclic amines) is 1. The molecule has 3 rings (SSSR count). The largest absolute Gasteiger partial charge is 0.369 e. The Morgan fingerprint density at radius 3 is 2.26 bits per heavy atom. The van der Waals surface area contributed by atoms with Crippen molar-refractivity contribution in [1.82, 2.24) is 10.2 Å². The van der Waals surface area contributed by atoms with Crippen LogP contribution in [0, 0.1) is 18.8 Å². The number of amides is 3. The van der Waals surface area contributed by atoms with Crippen LogP contribution in [0.15, 0.2) is 48.5 Å². The minimum Gasteiger partial charge on any atom is -0.369 e. The van der Waals surface area contributed by atoms with Crippen LogP contribution in [0.4, 0.5) is 5.69 Å². The Balaban J connectivity index is 1.52. The zero-order chi connectivity index (χ0) is 24.7. The number of nitrogens with two attached hydrogens (primary N) is 1. The maximum atomic E-state index is 12.9. The van der Waals surface area contributed by atoms with E-state index in [1.165, 1.54) is 5.56 Å². The third-order valence-corrected chi connectivity index (χ3v) is 6.55. The third kappa shape index (κ3) is 6.90. The Morgan fingerprint density at radius 1 is 1.03 bits per heavy atom. The van der Waals surface area contributed by atoms with Crippen molar-refractivity contribution in [3.8, 4) is 0 Å². The molecule has 7 heteroatoms. The molecule has 2 aromatic rings. The monoisotopic (exact) mass is 464 g/mol. The number of primary amides is 1. The molecule has 34 heavy (non-hydrogen) atoms. The van der Waals surface area contributed by atoms with Gasteiger partial charge in [0, 0.05) is 23.7 Å². The highest BCUT2D eigenvalue weighted by Crippen LogP contribution is 2.18. The lowest BCUT2D eigenvalue weighted by Gasteiger charge is -2.30. The Kier molecular flexibility index (Phi) is 8.82. The van der Waals surface area contributed by atoms with Crippen molar-refractivity contribution in [3.63, 3.8) is 0 Å². The molecule has 4 N–H and O–H groups in total. The van der Waals surface area contributed by atoms with Gasteiger partial charge in [0.05, 0.1) is 0 Å². The van der Waals surface area contributed by atoms with E-state index in [0.29, 0.717) is 11.3 Å². The Morgan fingerprint density at radius 2 is 1.68 bits per heavy atom. The van der Waals surface area contributed by atoms with Crippen molar-refractivity contribution in [1.29, 1.82) is 0 Å². The molecule has 0 bridgehead atoms. The number of carbonyl (C=O) groups excluding carboxylic acids is 3. The van der Waals surface area contributed by atoms with Gasteiger partial charge in [0.1, 0.15) is 6.04 Å². The van der Waals surface area contributed by atoms with Crippen molar-refractivity contribution in [3.05, 3.63) is 65.2 Å². The first kappa shape index (κ1) is 25.4. The summed E-state index contributed by atoms with van der Waals surface area (Å²) in [7, 11) is 0. The summed E-state index contributed by atoms with van der Waals surface area (Å²) in [6.45, 7) is 8.43. The average Bonchev–Trinajstić information content (AvgIpc) is 2.82. The zero-order valence-corrected chi connectivity index (χ0v) is 20.3. The minimum atomic E-state index is -0.643. The molecule has 0 aliphatic carbocycles. The van der Waals surface area contributed by atoms with E-state index in [4.69, 9.17) is 5.73 Å². The second-order valence-electron chi connectivity index (χ2n) is 9.46. The first-order valence-corrected chi connectivity index (χ1v) is 12.0. The van der Waals surface area contributed by atoms with E-state index in [9.17, 15) is 14.4 Å². The van der Waals surface area contributed by atoms with Crippen LogP contribution >= 0.6 is 0 Å². The summed E-state index contributed by atoms with van der Waals surface area (Å²) in [4.78, 5) is 39.3. The topological polar surface area (TPSA) is 105 Å². The number of rotatable bonds is 9. The molecule has 1 fully saturated rings. The van der Waals surface area contributed by atoms with Gasteiger partial charge in [-0.3, -0.25) is 14.4 Å². The van der Waals surface area contributed by atoms with E-state index in [-0.39, 0.29) is 29.6 Å². The molecule has 0 spiro atoms. The van der Waals surface area contributed by atoms with Crippen LogP contribution in [0.1, 0.15) is 48.2 Å². The summed E-state index contributed by atoms with van der Waals surface area (Å²) in [5.41, 5.74) is 8.74. The van der Waals surface area contributed by atoms with E-state index >= 15 is 0 Å². The van der Waals surface area contributed by atoms with E-state index in [2.05, 4.69) is 15.5 Å². The van der Waals surface area contributed by atoms with Gasteiger partial charge in [0.25, 0.3) is 5.91 Å². The fraction of sp³-hybridized carbons (Fsp3) is 0.444. The number of aryl methyl sites for hydroxylation is 1. The SMILES string of the molecule is Cc1ccccc1C(=O)NC(C(=O)Nc1ccc(CCN2CCC(C(N)=O)CC2)cc1)C(C)C. The highest BCUT2D eigenvalue weighted by molar-refractivity contribution is 6.01. The predicted molar refractivity (Wildman–Crippen MR) is 134 cm³/mol. The number of carbonyl (C=O) groups is 3. The van der Waals surface area contributed by atoms with E-state index < -0.39 is 6.04 Å². The van der Waals surface area contributed by atoms with Crippen molar-refractivity contribution in [2.45, 2.75) is 46.1 Å². The lowest BCUT2D eigenvalue weighted by Crippen LogP contribution is -2.47. The van der Waals surface area contributed by atoms with Gasteiger partial charge < -0.3 is 21.3 Å². The number of benzene rings is 2. The number of piperidine rings is 1. The molecular formula is C27H36N4O3. The summed E-state index contributed by atoms with van der Waals surface area (Å²) in [5.74, 6) is -0.725. The zero-order valence-electron chi connectivity index (χ0n) is 20.3. The molecule has 0 aromatic heterocycles. The smallest absolute Gasteiger partial charge is 0.252 e. The standard InChI is InChI=1S/C27H36N4O3/c1-18(2)24(30-26(33)23-7-5-4-6-19(23)3)27(34)29-22-10-8-20(9-11-22)12-15-31-16-13-21(14-17-31)25(28)32/h4-11,18,21,24H,12-17H2,1-3H3,(H2,28,32)(H,29,34)(H,30,33). The molecule has 182 valence electrons. The van der Waals surface area contributed by atoms with Crippen molar-refractivity contribution in [2.75, 3.05) is 25.0 Å². The van der Waals surface area contributed by atoms with E-state index in [1.807, 2.05) is 63.2 Å². The highest BCUT2D eigenvalue weighted by atomic mass is 16.2. The van der Waals surface area contributed by atoms with Gasteiger partial charge in [-0.2, -0.15) is 0 Å². The van der Waals surface area contributed by atoms with Gasteiger partial charge in [0.2, 0.25) is 11.8 Å². The molecule has 1 aliphatic heterocycles. The van der Waals surface area contributed by atoms with Crippen LogP contribution in [0.3, 0.4) is 0 Å². The fourth-order valence-electron chi connectivity index (χ4n) is 4.28. The third-order valence-electron chi connectivity index (χ3n) is 6.55. The van der Waals surface area contributed by atoms with Crippen molar-refractivity contribution in [2.24, 2.45) is 17.6 Å². The summed E-state index contributed by atoms with van der Waals surface area (Å²) in [5, 5.41) is 5.82. The molecule has 1 aliphatic rings. The molecule has 7 nitrogen and oxygen atoms in total. The number of hydrogen-bond acceptors (Lipinski definition) is 4. The second kappa shape index (κ2) is 11.8. The van der Waals surface area contributed by atoms with Crippen LogP contribution in [0.2, 0.25) is 0 Å². The number of hydrogen-bond donors (Lipinski definition) is 3. The molecule has 3 amide bonds. The summed E-state index contributed by atoms with van der Waals surface area (Å²) < 4.78 is 0. The normalized spacial score (nSPS) is 15.6. The summed E-state index contributed by atoms with van der Waals surface area (Å²) in [6, 6.07) is 14.5. The van der Waals surface area contributed by atoms with Crippen molar-refractivity contribution < 1.29 is 14.4 Å².